The maximum Gasteiger partial charge on any atom is 0.223 e. The van der Waals surface area contributed by atoms with Crippen molar-refractivity contribution in [2.24, 2.45) is 5.92 Å². The Morgan fingerprint density at radius 2 is 1.92 bits per heavy atom. The molecular formula is C20H24FNO2. The van der Waals surface area contributed by atoms with E-state index in [9.17, 15) is 9.18 Å². The van der Waals surface area contributed by atoms with E-state index in [1.807, 2.05) is 25.1 Å². The Morgan fingerprint density at radius 3 is 2.62 bits per heavy atom. The van der Waals surface area contributed by atoms with Gasteiger partial charge in [-0.2, -0.15) is 0 Å². The molecule has 0 saturated heterocycles. The van der Waals surface area contributed by atoms with Crippen LogP contribution in [0, 0.1) is 11.7 Å². The third-order valence-electron chi connectivity index (χ3n) is 4.14. The molecule has 0 radical (unpaired) electrons. The molecule has 0 heterocycles. The zero-order valence-electron chi connectivity index (χ0n) is 14.0. The normalized spacial score (nSPS) is 12.0. The third kappa shape index (κ3) is 5.46. The lowest BCUT2D eigenvalue weighted by atomic mass is 10.0. The van der Waals surface area contributed by atoms with E-state index < -0.39 is 5.82 Å². The van der Waals surface area contributed by atoms with Crippen LogP contribution in [0.5, 0.6) is 0 Å². The number of halogens is 1. The van der Waals surface area contributed by atoms with Crippen molar-refractivity contribution in [1.29, 1.82) is 0 Å². The highest BCUT2D eigenvalue weighted by atomic mass is 19.1. The summed E-state index contributed by atoms with van der Waals surface area (Å²) in [7, 11) is 0. The summed E-state index contributed by atoms with van der Waals surface area (Å²) in [4.78, 5) is 12.1. The summed E-state index contributed by atoms with van der Waals surface area (Å²) in [6.45, 7) is 1.92. The third-order valence-corrected chi connectivity index (χ3v) is 4.14. The van der Waals surface area contributed by atoms with Crippen molar-refractivity contribution < 1.29 is 14.3 Å². The summed E-state index contributed by atoms with van der Waals surface area (Å²) in [6, 6.07) is 14.7. The number of aliphatic hydroxyl groups is 1. The molecule has 4 heteroatoms. The molecule has 2 rings (SSSR count). The van der Waals surface area contributed by atoms with Crippen molar-refractivity contribution in [1.82, 2.24) is 5.32 Å². The van der Waals surface area contributed by atoms with Crippen LogP contribution in [0.3, 0.4) is 0 Å². The van der Waals surface area contributed by atoms with Crippen molar-refractivity contribution in [3.63, 3.8) is 0 Å². The molecule has 1 atom stereocenters. The highest BCUT2D eigenvalue weighted by Crippen LogP contribution is 2.13. The molecule has 1 amide bonds. The van der Waals surface area contributed by atoms with Gasteiger partial charge in [-0.15, -0.1) is 0 Å². The molecule has 1 unspecified atom stereocenters. The van der Waals surface area contributed by atoms with Gasteiger partial charge in [0.15, 0.2) is 0 Å². The van der Waals surface area contributed by atoms with Gasteiger partial charge in [-0.05, 0) is 42.5 Å². The zero-order chi connectivity index (χ0) is 17.4. The second-order valence-electron chi connectivity index (χ2n) is 6.08. The Balaban J connectivity index is 1.75. The second-order valence-corrected chi connectivity index (χ2v) is 6.08. The molecule has 3 nitrogen and oxygen atoms in total. The largest absolute Gasteiger partial charge is 0.392 e. The molecule has 24 heavy (non-hydrogen) atoms. The van der Waals surface area contributed by atoms with Gasteiger partial charge in [-0.25, -0.2) is 4.39 Å². The average molecular weight is 329 g/mol. The molecule has 0 saturated carbocycles. The molecule has 0 fully saturated rings. The molecule has 128 valence electrons. The smallest absolute Gasteiger partial charge is 0.223 e. The minimum absolute atomic E-state index is 0.00191. The van der Waals surface area contributed by atoms with Crippen LogP contribution in [0.1, 0.15) is 36.5 Å². The number of nitrogens with one attached hydrogen (secondary N) is 1. The molecule has 2 aromatic carbocycles. The summed E-state index contributed by atoms with van der Waals surface area (Å²) in [6.07, 6.45) is 2.76. The van der Waals surface area contributed by atoms with E-state index in [-0.39, 0.29) is 24.0 Å². The number of hydrogen-bond acceptors (Lipinski definition) is 2. The number of benzene rings is 2. The van der Waals surface area contributed by atoms with Crippen LogP contribution in [0.2, 0.25) is 0 Å². The van der Waals surface area contributed by atoms with E-state index in [0.29, 0.717) is 6.54 Å². The van der Waals surface area contributed by atoms with Crippen LogP contribution >= 0.6 is 0 Å². The van der Waals surface area contributed by atoms with Crippen molar-refractivity contribution >= 4 is 5.91 Å². The quantitative estimate of drug-likeness (QED) is 0.777. The molecule has 0 aliphatic rings. The minimum Gasteiger partial charge on any atom is -0.392 e. The first-order chi connectivity index (χ1) is 11.6. The van der Waals surface area contributed by atoms with Crippen molar-refractivity contribution in [2.45, 2.75) is 39.3 Å². The second kappa shape index (κ2) is 9.18. The lowest BCUT2D eigenvalue weighted by Crippen LogP contribution is -2.28. The van der Waals surface area contributed by atoms with Gasteiger partial charge in [-0.1, -0.05) is 43.3 Å². The average Bonchev–Trinajstić information content (AvgIpc) is 2.61. The maximum atomic E-state index is 13.3. The Morgan fingerprint density at radius 1 is 1.17 bits per heavy atom. The van der Waals surface area contributed by atoms with Gasteiger partial charge in [0.25, 0.3) is 0 Å². The summed E-state index contributed by atoms with van der Waals surface area (Å²) in [5.41, 5.74) is 2.32. The van der Waals surface area contributed by atoms with E-state index in [0.717, 1.165) is 24.8 Å². The highest BCUT2D eigenvalue weighted by molar-refractivity contribution is 5.78. The number of carbonyl (C=O) groups excluding carboxylic acids is 1. The molecule has 0 bridgehead atoms. The number of hydrogen-bond donors (Lipinski definition) is 2. The first kappa shape index (κ1) is 18.1. The number of amides is 1. The molecule has 2 N–H and O–H groups in total. The van der Waals surface area contributed by atoms with E-state index >= 15 is 0 Å². The monoisotopic (exact) mass is 329 g/mol. The fourth-order valence-electron chi connectivity index (χ4n) is 2.61. The molecular weight excluding hydrogens is 305 g/mol. The van der Waals surface area contributed by atoms with Crippen LogP contribution in [0.25, 0.3) is 0 Å². The van der Waals surface area contributed by atoms with E-state index in [1.165, 1.54) is 11.6 Å². The van der Waals surface area contributed by atoms with Crippen LogP contribution in [-0.2, 0) is 24.4 Å². The summed E-state index contributed by atoms with van der Waals surface area (Å²) >= 11 is 0. The first-order valence-electron chi connectivity index (χ1n) is 8.30. The SMILES string of the molecule is CC(CCCc1ccccc1)C(=O)NCc1ccc(F)c(CO)c1. The van der Waals surface area contributed by atoms with Crippen molar-refractivity contribution in [3.05, 3.63) is 71.0 Å². The molecule has 0 aromatic heterocycles. The number of aryl methyl sites for hydroxylation is 1. The van der Waals surface area contributed by atoms with Crippen LogP contribution in [0.15, 0.2) is 48.5 Å². The van der Waals surface area contributed by atoms with E-state index in [1.54, 1.807) is 12.1 Å². The molecule has 0 aliphatic heterocycles. The van der Waals surface area contributed by atoms with Gasteiger partial charge in [0.1, 0.15) is 5.82 Å². The fraction of sp³-hybridized carbons (Fsp3) is 0.350. The fourth-order valence-corrected chi connectivity index (χ4v) is 2.61. The Hall–Kier alpha value is -2.20. The van der Waals surface area contributed by atoms with Crippen LogP contribution in [-0.4, -0.2) is 11.0 Å². The number of rotatable bonds is 8. The van der Waals surface area contributed by atoms with Crippen molar-refractivity contribution in [3.8, 4) is 0 Å². The Kier molecular flexibility index (Phi) is 6.94. The van der Waals surface area contributed by atoms with Gasteiger partial charge in [-0.3, -0.25) is 4.79 Å². The van der Waals surface area contributed by atoms with E-state index in [4.69, 9.17) is 5.11 Å². The standard InChI is InChI=1S/C20H24FNO2/c1-15(6-5-9-16-7-3-2-4-8-16)20(24)22-13-17-10-11-19(21)18(12-17)14-23/h2-4,7-8,10-12,15,23H,5-6,9,13-14H2,1H3,(H,22,24). The maximum absolute atomic E-state index is 13.3. The Labute approximate surface area is 142 Å². The molecule has 2 aromatic rings. The number of aliphatic hydroxyl groups excluding tert-OH is 1. The zero-order valence-corrected chi connectivity index (χ0v) is 14.0. The van der Waals surface area contributed by atoms with Crippen molar-refractivity contribution in [2.75, 3.05) is 0 Å². The first-order valence-corrected chi connectivity index (χ1v) is 8.30. The van der Waals surface area contributed by atoms with Crippen LogP contribution in [0.4, 0.5) is 4.39 Å². The lowest BCUT2D eigenvalue weighted by molar-refractivity contribution is -0.124. The van der Waals surface area contributed by atoms with Gasteiger partial charge in [0.2, 0.25) is 5.91 Å². The number of carbonyl (C=O) groups is 1. The van der Waals surface area contributed by atoms with Gasteiger partial charge >= 0.3 is 0 Å². The summed E-state index contributed by atoms with van der Waals surface area (Å²) in [5.74, 6) is -0.494. The van der Waals surface area contributed by atoms with E-state index in [2.05, 4.69) is 17.4 Å². The summed E-state index contributed by atoms with van der Waals surface area (Å²) in [5, 5.41) is 11.9. The van der Waals surface area contributed by atoms with Gasteiger partial charge < -0.3 is 10.4 Å². The molecule has 0 spiro atoms. The topological polar surface area (TPSA) is 49.3 Å². The highest BCUT2D eigenvalue weighted by Gasteiger charge is 2.12. The Bertz CT molecular complexity index is 658. The van der Waals surface area contributed by atoms with Crippen LogP contribution < -0.4 is 5.32 Å². The summed E-state index contributed by atoms with van der Waals surface area (Å²) < 4.78 is 13.3. The van der Waals surface area contributed by atoms with Gasteiger partial charge in [0.05, 0.1) is 6.61 Å². The lowest BCUT2D eigenvalue weighted by Gasteiger charge is -2.13. The molecule has 0 aliphatic carbocycles. The minimum atomic E-state index is -0.429. The predicted molar refractivity (Wildman–Crippen MR) is 92.7 cm³/mol. The predicted octanol–water partition coefficient (Wildman–Crippen LogP) is 3.59. The van der Waals surface area contributed by atoms with Gasteiger partial charge in [0, 0.05) is 18.0 Å².